The first-order valence-electron chi connectivity index (χ1n) is 10.6. The van der Waals surface area contributed by atoms with Crippen molar-refractivity contribution in [1.82, 2.24) is 19.9 Å². The van der Waals surface area contributed by atoms with Crippen LogP contribution in [0.25, 0.3) is 0 Å². The van der Waals surface area contributed by atoms with Crippen LogP contribution in [0.5, 0.6) is 11.6 Å². The molecule has 4 rings (SSSR count). The molecule has 1 saturated heterocycles. The minimum atomic E-state index is -0.159. The quantitative estimate of drug-likeness (QED) is 0.660. The standard InChI is InChI=1S/C24H25N5O3/c1-16-14-21(27-17(2)26-16)24(31)29-12-10-18(11-13-29)23(30)28-19-8-9-22(25-15-19)32-20-6-4-3-5-7-20/h3-9,14-15,18H,10-13H2,1-2H3,(H,28,30). The Bertz CT molecular complexity index is 1070. The Morgan fingerprint density at radius 1 is 1.03 bits per heavy atom. The van der Waals surface area contributed by atoms with Gasteiger partial charge in [-0.25, -0.2) is 15.0 Å². The van der Waals surface area contributed by atoms with Gasteiger partial charge in [0.1, 0.15) is 17.3 Å². The molecule has 8 heteroatoms. The van der Waals surface area contributed by atoms with E-state index in [1.54, 1.807) is 36.2 Å². The highest BCUT2D eigenvalue weighted by Gasteiger charge is 2.28. The van der Waals surface area contributed by atoms with Gasteiger partial charge in [0, 0.05) is 30.8 Å². The Hall–Kier alpha value is -3.81. The van der Waals surface area contributed by atoms with Crippen molar-refractivity contribution in [3.8, 4) is 11.6 Å². The summed E-state index contributed by atoms with van der Waals surface area (Å²) in [6.07, 6.45) is 2.78. The summed E-state index contributed by atoms with van der Waals surface area (Å²) in [7, 11) is 0. The number of para-hydroxylation sites is 1. The third-order valence-electron chi connectivity index (χ3n) is 5.31. The highest BCUT2D eigenvalue weighted by atomic mass is 16.5. The van der Waals surface area contributed by atoms with Gasteiger partial charge in [-0.05, 0) is 51.0 Å². The first-order valence-corrected chi connectivity index (χ1v) is 10.6. The molecule has 0 saturated carbocycles. The second-order valence-corrected chi connectivity index (χ2v) is 7.80. The Morgan fingerprint density at radius 2 is 1.78 bits per heavy atom. The van der Waals surface area contributed by atoms with Crippen LogP contribution in [0.1, 0.15) is 34.8 Å². The van der Waals surface area contributed by atoms with Crippen molar-refractivity contribution < 1.29 is 14.3 Å². The Labute approximate surface area is 186 Å². The fourth-order valence-corrected chi connectivity index (χ4v) is 3.70. The van der Waals surface area contributed by atoms with Crippen molar-refractivity contribution in [3.63, 3.8) is 0 Å². The minimum Gasteiger partial charge on any atom is -0.439 e. The van der Waals surface area contributed by atoms with Crippen molar-refractivity contribution in [2.45, 2.75) is 26.7 Å². The fraction of sp³-hybridized carbons (Fsp3) is 0.292. The molecule has 32 heavy (non-hydrogen) atoms. The Morgan fingerprint density at radius 3 is 2.44 bits per heavy atom. The molecule has 1 fully saturated rings. The van der Waals surface area contributed by atoms with Gasteiger partial charge in [0.25, 0.3) is 5.91 Å². The zero-order valence-corrected chi connectivity index (χ0v) is 18.1. The molecule has 1 aliphatic rings. The first-order chi connectivity index (χ1) is 15.5. The van der Waals surface area contributed by atoms with Crippen molar-refractivity contribution in [1.29, 1.82) is 0 Å². The van der Waals surface area contributed by atoms with Gasteiger partial charge in [-0.1, -0.05) is 18.2 Å². The van der Waals surface area contributed by atoms with Crippen molar-refractivity contribution in [3.05, 3.63) is 71.9 Å². The summed E-state index contributed by atoms with van der Waals surface area (Å²) in [5, 5.41) is 2.91. The Balaban J connectivity index is 1.29. The fourth-order valence-electron chi connectivity index (χ4n) is 3.70. The number of piperidine rings is 1. The number of likely N-dealkylation sites (tertiary alicyclic amines) is 1. The summed E-state index contributed by atoms with van der Waals surface area (Å²) in [6.45, 7) is 4.65. The number of carbonyl (C=O) groups is 2. The summed E-state index contributed by atoms with van der Waals surface area (Å²) in [6, 6.07) is 14.6. The average molecular weight is 431 g/mol. The molecule has 0 radical (unpaired) electrons. The van der Waals surface area contributed by atoms with Crippen LogP contribution in [0.4, 0.5) is 5.69 Å². The van der Waals surface area contributed by atoms with E-state index >= 15 is 0 Å². The van der Waals surface area contributed by atoms with E-state index in [1.165, 1.54) is 0 Å². The van der Waals surface area contributed by atoms with Gasteiger partial charge in [0.15, 0.2) is 0 Å². The third-order valence-corrected chi connectivity index (χ3v) is 5.31. The van der Waals surface area contributed by atoms with E-state index < -0.39 is 0 Å². The maximum absolute atomic E-state index is 12.7. The number of ether oxygens (including phenoxy) is 1. The molecule has 3 aromatic rings. The van der Waals surface area contributed by atoms with Crippen LogP contribution in [0.15, 0.2) is 54.7 Å². The molecule has 2 amide bonds. The zero-order chi connectivity index (χ0) is 22.5. The summed E-state index contributed by atoms with van der Waals surface area (Å²) in [5.41, 5.74) is 1.78. The highest BCUT2D eigenvalue weighted by Crippen LogP contribution is 2.23. The van der Waals surface area contributed by atoms with Crippen molar-refractivity contribution in [2.75, 3.05) is 18.4 Å². The molecular formula is C24H25N5O3. The van der Waals surface area contributed by atoms with E-state index in [9.17, 15) is 9.59 Å². The maximum Gasteiger partial charge on any atom is 0.272 e. The van der Waals surface area contributed by atoms with Gasteiger partial charge in [-0.3, -0.25) is 9.59 Å². The lowest BCUT2D eigenvalue weighted by Crippen LogP contribution is -2.41. The van der Waals surface area contributed by atoms with Crippen LogP contribution < -0.4 is 10.1 Å². The van der Waals surface area contributed by atoms with E-state index in [0.717, 1.165) is 5.69 Å². The number of aryl methyl sites for hydroxylation is 2. The number of hydrogen-bond acceptors (Lipinski definition) is 6. The molecule has 1 aliphatic heterocycles. The maximum atomic E-state index is 12.7. The molecule has 1 aromatic carbocycles. The molecule has 8 nitrogen and oxygen atoms in total. The lowest BCUT2D eigenvalue weighted by Gasteiger charge is -2.31. The number of benzene rings is 1. The molecule has 0 aliphatic carbocycles. The van der Waals surface area contributed by atoms with E-state index in [1.807, 2.05) is 37.3 Å². The zero-order valence-electron chi connectivity index (χ0n) is 18.1. The second-order valence-electron chi connectivity index (χ2n) is 7.80. The van der Waals surface area contributed by atoms with Crippen molar-refractivity contribution >= 4 is 17.5 Å². The number of rotatable bonds is 5. The normalized spacial score (nSPS) is 14.1. The summed E-state index contributed by atoms with van der Waals surface area (Å²) >= 11 is 0. The van der Waals surface area contributed by atoms with E-state index in [4.69, 9.17) is 4.74 Å². The van der Waals surface area contributed by atoms with Crippen LogP contribution in [-0.2, 0) is 4.79 Å². The summed E-state index contributed by atoms with van der Waals surface area (Å²) < 4.78 is 5.67. The number of aromatic nitrogens is 3. The number of pyridine rings is 1. The van der Waals surface area contributed by atoms with Gasteiger partial charge >= 0.3 is 0 Å². The molecule has 164 valence electrons. The van der Waals surface area contributed by atoms with Crippen LogP contribution in [0, 0.1) is 19.8 Å². The van der Waals surface area contributed by atoms with Crippen LogP contribution >= 0.6 is 0 Å². The molecule has 0 atom stereocenters. The third kappa shape index (κ3) is 5.26. The number of amides is 2. The predicted octanol–water partition coefficient (Wildman–Crippen LogP) is 3.77. The molecule has 0 unspecified atom stereocenters. The summed E-state index contributed by atoms with van der Waals surface area (Å²) in [4.78, 5) is 39.9. The van der Waals surface area contributed by atoms with Gasteiger partial charge in [0.2, 0.25) is 11.8 Å². The largest absolute Gasteiger partial charge is 0.439 e. The highest BCUT2D eigenvalue weighted by molar-refractivity contribution is 5.94. The number of hydrogen-bond donors (Lipinski definition) is 1. The molecular weight excluding hydrogens is 406 g/mol. The lowest BCUT2D eigenvalue weighted by atomic mass is 9.95. The number of anilines is 1. The van der Waals surface area contributed by atoms with E-state index in [0.29, 0.717) is 54.8 Å². The van der Waals surface area contributed by atoms with Gasteiger partial charge in [-0.2, -0.15) is 0 Å². The van der Waals surface area contributed by atoms with Gasteiger partial charge in [-0.15, -0.1) is 0 Å². The molecule has 1 N–H and O–H groups in total. The van der Waals surface area contributed by atoms with E-state index in [-0.39, 0.29) is 17.7 Å². The number of carbonyl (C=O) groups excluding carboxylic acids is 2. The molecule has 0 spiro atoms. The molecule has 3 heterocycles. The Kier molecular flexibility index (Phi) is 6.39. The number of nitrogens with one attached hydrogen (secondary N) is 1. The van der Waals surface area contributed by atoms with Crippen LogP contribution in [0.2, 0.25) is 0 Å². The van der Waals surface area contributed by atoms with E-state index in [2.05, 4.69) is 20.3 Å². The monoisotopic (exact) mass is 431 g/mol. The predicted molar refractivity (Wildman–Crippen MR) is 120 cm³/mol. The topological polar surface area (TPSA) is 97.3 Å². The van der Waals surface area contributed by atoms with Crippen LogP contribution in [-0.4, -0.2) is 44.8 Å². The second kappa shape index (κ2) is 9.55. The number of nitrogens with zero attached hydrogens (tertiary/aromatic N) is 4. The van der Waals surface area contributed by atoms with Crippen LogP contribution in [0.3, 0.4) is 0 Å². The first kappa shape index (κ1) is 21.4. The average Bonchev–Trinajstić information content (AvgIpc) is 2.80. The minimum absolute atomic E-state index is 0.0654. The lowest BCUT2D eigenvalue weighted by molar-refractivity contribution is -0.121. The molecule has 0 bridgehead atoms. The van der Waals surface area contributed by atoms with Crippen molar-refractivity contribution in [2.24, 2.45) is 5.92 Å². The SMILES string of the molecule is Cc1cc(C(=O)N2CCC(C(=O)Nc3ccc(Oc4ccccc4)nc3)CC2)nc(C)n1. The van der Waals surface area contributed by atoms with Gasteiger partial charge in [0.05, 0.1) is 11.9 Å². The smallest absolute Gasteiger partial charge is 0.272 e. The van der Waals surface area contributed by atoms with Gasteiger partial charge < -0.3 is 15.0 Å². The molecule has 2 aromatic heterocycles. The summed E-state index contributed by atoms with van der Waals surface area (Å²) in [5.74, 6) is 1.39.